The van der Waals surface area contributed by atoms with Crippen LogP contribution < -0.4 is 10.9 Å². The van der Waals surface area contributed by atoms with E-state index in [0.29, 0.717) is 26.5 Å². The molecule has 0 radical (unpaired) electrons. The largest absolute Gasteiger partial charge is 0.462 e. The molecule has 0 saturated carbocycles. The molecule has 0 saturated heterocycles. The molecule has 0 unspecified atom stereocenters. The predicted molar refractivity (Wildman–Crippen MR) is 95.6 cm³/mol. The Labute approximate surface area is 152 Å². The number of nitrogens with zero attached hydrogens (tertiary/aromatic N) is 2. The smallest absolute Gasteiger partial charge is 0.348 e. The lowest BCUT2D eigenvalue weighted by molar-refractivity contribution is 0.0531. The Bertz CT molecular complexity index is 989. The Hall–Kier alpha value is -3.07. The highest BCUT2D eigenvalue weighted by atomic mass is 32.1. The molecule has 2 N–H and O–H groups in total. The van der Waals surface area contributed by atoms with Crippen molar-refractivity contribution in [2.24, 2.45) is 0 Å². The highest BCUT2D eigenvalue weighted by molar-refractivity contribution is 7.20. The third-order valence-electron chi connectivity index (χ3n) is 3.57. The van der Waals surface area contributed by atoms with Crippen molar-refractivity contribution in [2.45, 2.75) is 13.8 Å². The first-order chi connectivity index (χ1) is 12.5. The Morgan fingerprint density at radius 2 is 2.12 bits per heavy atom. The van der Waals surface area contributed by atoms with E-state index in [0.717, 1.165) is 6.07 Å². The van der Waals surface area contributed by atoms with Gasteiger partial charge in [-0.2, -0.15) is 0 Å². The third-order valence-corrected chi connectivity index (χ3v) is 4.75. The van der Waals surface area contributed by atoms with E-state index in [4.69, 9.17) is 4.74 Å². The van der Waals surface area contributed by atoms with Crippen molar-refractivity contribution in [2.75, 3.05) is 12.0 Å². The van der Waals surface area contributed by atoms with E-state index in [2.05, 4.69) is 20.8 Å². The van der Waals surface area contributed by atoms with Crippen LogP contribution in [0.1, 0.15) is 32.5 Å². The summed E-state index contributed by atoms with van der Waals surface area (Å²) in [5, 5.41) is 0.611. The number of carbonyl (C=O) groups excluding carboxylic acids is 2. The van der Waals surface area contributed by atoms with Crippen LogP contribution in [0, 0.1) is 12.7 Å². The minimum atomic E-state index is -0.519. The Morgan fingerprint density at radius 1 is 1.31 bits per heavy atom. The van der Waals surface area contributed by atoms with Crippen molar-refractivity contribution in [1.82, 2.24) is 15.4 Å². The summed E-state index contributed by atoms with van der Waals surface area (Å²) in [5.41, 5.74) is 6.00. The zero-order valence-corrected chi connectivity index (χ0v) is 14.8. The van der Waals surface area contributed by atoms with Crippen LogP contribution in [-0.4, -0.2) is 28.5 Å². The molecular formula is C17H15FN4O3S. The first kappa shape index (κ1) is 17.7. The van der Waals surface area contributed by atoms with E-state index in [1.807, 2.05) is 0 Å². The fourth-order valence-corrected chi connectivity index (χ4v) is 3.42. The fourth-order valence-electron chi connectivity index (χ4n) is 2.38. The van der Waals surface area contributed by atoms with Gasteiger partial charge in [-0.15, -0.1) is 11.3 Å². The van der Waals surface area contributed by atoms with Crippen molar-refractivity contribution >= 4 is 39.2 Å². The molecule has 3 aromatic rings. The fraction of sp³-hybridized carbons (Fsp3) is 0.176. The van der Waals surface area contributed by atoms with E-state index in [9.17, 15) is 14.0 Å². The van der Waals surface area contributed by atoms with Gasteiger partial charge in [-0.25, -0.2) is 19.2 Å². The van der Waals surface area contributed by atoms with Crippen molar-refractivity contribution in [3.05, 3.63) is 52.4 Å². The van der Waals surface area contributed by atoms with E-state index < -0.39 is 17.7 Å². The molecule has 26 heavy (non-hydrogen) atoms. The number of anilines is 1. The maximum Gasteiger partial charge on any atom is 0.348 e. The molecule has 2 aromatic heterocycles. The second-order valence-electron chi connectivity index (χ2n) is 5.27. The zero-order valence-electron chi connectivity index (χ0n) is 14.0. The number of carbonyl (C=O) groups is 2. The van der Waals surface area contributed by atoms with Crippen molar-refractivity contribution in [3.63, 3.8) is 0 Å². The van der Waals surface area contributed by atoms with Crippen molar-refractivity contribution < 1.29 is 18.7 Å². The average molecular weight is 374 g/mol. The highest BCUT2D eigenvalue weighted by Crippen LogP contribution is 2.33. The van der Waals surface area contributed by atoms with Gasteiger partial charge in [0, 0.05) is 5.56 Å². The van der Waals surface area contributed by atoms with Crippen molar-refractivity contribution in [3.8, 4) is 0 Å². The molecule has 9 heteroatoms. The lowest BCUT2D eigenvalue weighted by atomic mass is 10.2. The topological polar surface area (TPSA) is 93.2 Å². The number of amides is 1. The molecule has 1 aromatic carbocycles. The molecule has 0 aliphatic carbocycles. The van der Waals surface area contributed by atoms with Crippen LogP contribution in [0.25, 0.3) is 10.2 Å². The van der Waals surface area contributed by atoms with Gasteiger partial charge in [-0.1, -0.05) is 6.07 Å². The number of hydrogen-bond donors (Lipinski definition) is 2. The molecule has 7 nitrogen and oxygen atoms in total. The monoisotopic (exact) mass is 374 g/mol. The maximum absolute atomic E-state index is 13.2. The summed E-state index contributed by atoms with van der Waals surface area (Å²) in [6.07, 6.45) is 1.32. The van der Waals surface area contributed by atoms with Gasteiger partial charge >= 0.3 is 5.97 Å². The van der Waals surface area contributed by atoms with E-state index in [1.165, 1.54) is 35.9 Å². The summed E-state index contributed by atoms with van der Waals surface area (Å²) in [5.74, 6) is -1.11. The Balaban J connectivity index is 1.86. The lowest BCUT2D eigenvalue weighted by Gasteiger charge is -2.09. The highest BCUT2D eigenvalue weighted by Gasteiger charge is 2.20. The molecule has 134 valence electrons. The first-order valence-electron chi connectivity index (χ1n) is 7.74. The number of nitrogens with one attached hydrogen (secondary N) is 2. The summed E-state index contributed by atoms with van der Waals surface area (Å²) >= 11 is 1.19. The van der Waals surface area contributed by atoms with E-state index in [1.54, 1.807) is 13.8 Å². The molecule has 0 aliphatic heterocycles. The SMILES string of the molecule is CCOC(=O)c1sc2ncnc(NNC(=O)c3cccc(F)c3)c2c1C. The van der Waals surface area contributed by atoms with Crippen LogP contribution in [-0.2, 0) is 4.74 Å². The Morgan fingerprint density at radius 3 is 2.85 bits per heavy atom. The summed E-state index contributed by atoms with van der Waals surface area (Å²) in [6, 6.07) is 5.32. The molecule has 3 rings (SSSR count). The van der Waals surface area contributed by atoms with Gasteiger partial charge in [-0.3, -0.25) is 15.6 Å². The summed E-state index contributed by atoms with van der Waals surface area (Å²) in [7, 11) is 0. The number of aryl methyl sites for hydroxylation is 1. The van der Waals surface area contributed by atoms with Gasteiger partial charge in [0.1, 0.15) is 21.9 Å². The summed E-state index contributed by atoms with van der Waals surface area (Å²) in [4.78, 5) is 33.5. The molecule has 1 amide bonds. The van der Waals surface area contributed by atoms with E-state index >= 15 is 0 Å². The standard InChI is InChI=1S/C17H15FN4O3S/c1-3-25-17(24)13-9(2)12-14(19-8-20-16(12)26-13)21-22-15(23)10-5-4-6-11(18)7-10/h4-8H,3H2,1-2H3,(H,22,23)(H,19,20,21). The number of benzene rings is 1. The molecular weight excluding hydrogens is 359 g/mol. The van der Waals surface area contributed by atoms with Crippen LogP contribution in [0.5, 0.6) is 0 Å². The number of thiophene rings is 1. The second-order valence-corrected chi connectivity index (χ2v) is 6.27. The number of esters is 1. The third kappa shape index (κ3) is 3.47. The molecule has 0 fully saturated rings. The lowest BCUT2D eigenvalue weighted by Crippen LogP contribution is -2.30. The molecule has 0 spiro atoms. The predicted octanol–water partition coefficient (Wildman–Crippen LogP) is 3.07. The zero-order chi connectivity index (χ0) is 18.7. The van der Waals surface area contributed by atoms with Gasteiger partial charge in [-0.05, 0) is 37.6 Å². The number of hydrazine groups is 1. The first-order valence-corrected chi connectivity index (χ1v) is 8.56. The summed E-state index contributed by atoms with van der Waals surface area (Å²) in [6.45, 7) is 3.76. The summed E-state index contributed by atoms with van der Waals surface area (Å²) < 4.78 is 18.3. The minimum absolute atomic E-state index is 0.164. The van der Waals surface area contributed by atoms with E-state index in [-0.39, 0.29) is 12.2 Å². The maximum atomic E-state index is 13.2. The van der Waals surface area contributed by atoms with Crippen molar-refractivity contribution in [1.29, 1.82) is 0 Å². The van der Waals surface area contributed by atoms with Gasteiger partial charge < -0.3 is 4.74 Å². The van der Waals surface area contributed by atoms with Gasteiger partial charge in [0.2, 0.25) is 0 Å². The van der Waals surface area contributed by atoms with Crippen LogP contribution >= 0.6 is 11.3 Å². The molecule has 0 atom stereocenters. The Kier molecular flexibility index (Phi) is 5.08. The van der Waals surface area contributed by atoms with Crippen LogP contribution in [0.15, 0.2) is 30.6 Å². The van der Waals surface area contributed by atoms with Gasteiger partial charge in [0.25, 0.3) is 5.91 Å². The second kappa shape index (κ2) is 7.44. The number of ether oxygens (including phenoxy) is 1. The van der Waals surface area contributed by atoms with Gasteiger partial charge in [0.05, 0.1) is 12.0 Å². The molecule has 0 bridgehead atoms. The number of halogens is 1. The minimum Gasteiger partial charge on any atom is -0.462 e. The number of rotatable bonds is 5. The quantitative estimate of drug-likeness (QED) is 0.527. The van der Waals surface area contributed by atoms with Gasteiger partial charge in [0.15, 0.2) is 5.82 Å². The molecule has 0 aliphatic rings. The van der Waals surface area contributed by atoms with Crippen LogP contribution in [0.4, 0.5) is 10.2 Å². The number of fused-ring (bicyclic) bond motifs is 1. The van der Waals surface area contributed by atoms with Crippen LogP contribution in [0.3, 0.4) is 0 Å². The number of aromatic nitrogens is 2. The van der Waals surface area contributed by atoms with Crippen LogP contribution in [0.2, 0.25) is 0 Å². The number of hydrogen-bond acceptors (Lipinski definition) is 7. The average Bonchev–Trinajstić information content (AvgIpc) is 2.97. The molecule has 2 heterocycles. The normalized spacial score (nSPS) is 10.6.